The van der Waals surface area contributed by atoms with Gasteiger partial charge < -0.3 is 10.1 Å². The van der Waals surface area contributed by atoms with E-state index in [1.165, 1.54) is 12.1 Å². The van der Waals surface area contributed by atoms with Crippen LogP contribution in [-0.2, 0) is 14.3 Å². The molecule has 2 aromatic rings. The van der Waals surface area contributed by atoms with Crippen LogP contribution in [0.5, 0.6) is 0 Å². The molecule has 2 heterocycles. The molecule has 1 saturated heterocycles. The maximum absolute atomic E-state index is 13.6. The molecular formula is C29H33FN2O3. The minimum absolute atomic E-state index is 0.00598. The fourth-order valence-corrected chi connectivity index (χ4v) is 7.06. The first-order valence-electron chi connectivity index (χ1n) is 12.6. The maximum atomic E-state index is 13.6. The highest BCUT2D eigenvalue weighted by atomic mass is 19.1. The van der Waals surface area contributed by atoms with Crippen molar-refractivity contribution in [1.29, 1.82) is 0 Å². The van der Waals surface area contributed by atoms with E-state index >= 15 is 0 Å². The standard InChI is InChI=1S/C29H33FN2O3/c1-17-27-26(12-9-23-8-7-20(16-31-23)19-5-4-6-22(30)13-19)25-11-10-24(32-18(2)33)14-21(25)15-29(27,3)28(34)35-17/h4-9,12-13,16-17,21,24-27H,10-11,14-15H2,1-3H3,(H,32,33)/t17-,21+,24-,25-,26+,27+,29?/m1/s1. The number of pyridine rings is 1. The van der Waals surface area contributed by atoms with Crippen LogP contribution in [0.1, 0.15) is 52.1 Å². The van der Waals surface area contributed by atoms with Crippen LogP contribution >= 0.6 is 0 Å². The second-order valence-corrected chi connectivity index (χ2v) is 10.8. The molecule has 1 aromatic carbocycles. The number of cyclic esters (lactones) is 1. The summed E-state index contributed by atoms with van der Waals surface area (Å²) in [6.07, 6.45) is 9.62. The molecule has 1 amide bonds. The Morgan fingerprint density at radius 2 is 2.06 bits per heavy atom. The predicted octanol–water partition coefficient (Wildman–Crippen LogP) is 5.41. The first-order chi connectivity index (χ1) is 16.7. The molecule has 0 bridgehead atoms. The summed E-state index contributed by atoms with van der Waals surface area (Å²) in [6, 6.07) is 10.6. The van der Waals surface area contributed by atoms with Crippen molar-refractivity contribution in [2.45, 2.75) is 58.6 Å². The summed E-state index contributed by atoms with van der Waals surface area (Å²) in [5.74, 6) is 0.768. The lowest BCUT2D eigenvalue weighted by molar-refractivity contribution is -0.150. The maximum Gasteiger partial charge on any atom is 0.312 e. The number of ether oxygens (including phenoxy) is 1. The lowest BCUT2D eigenvalue weighted by atomic mass is 9.52. The molecule has 5 rings (SSSR count). The van der Waals surface area contributed by atoms with E-state index in [2.05, 4.69) is 29.4 Å². The third-order valence-electron chi connectivity index (χ3n) is 8.48. The van der Waals surface area contributed by atoms with Crippen molar-refractivity contribution in [3.05, 3.63) is 60.2 Å². The molecular weight excluding hydrogens is 443 g/mol. The Kier molecular flexibility index (Phi) is 6.24. The summed E-state index contributed by atoms with van der Waals surface area (Å²) in [5.41, 5.74) is 1.98. The van der Waals surface area contributed by atoms with Gasteiger partial charge in [-0.15, -0.1) is 0 Å². The first kappa shape index (κ1) is 23.7. The molecule has 3 aliphatic rings. The Hall–Kier alpha value is -3.02. The lowest BCUT2D eigenvalue weighted by Crippen LogP contribution is -2.51. The number of allylic oxidation sites excluding steroid dienone is 1. The van der Waals surface area contributed by atoms with Gasteiger partial charge >= 0.3 is 5.97 Å². The second kappa shape index (κ2) is 9.21. The summed E-state index contributed by atoms with van der Waals surface area (Å²) in [4.78, 5) is 29.2. The molecule has 6 heteroatoms. The number of nitrogens with one attached hydrogen (secondary N) is 1. The van der Waals surface area contributed by atoms with Gasteiger partial charge in [0.1, 0.15) is 11.9 Å². The Bertz CT molecular complexity index is 1150. The van der Waals surface area contributed by atoms with Crippen LogP contribution in [0.15, 0.2) is 48.7 Å². The first-order valence-corrected chi connectivity index (χ1v) is 12.6. The van der Waals surface area contributed by atoms with Gasteiger partial charge in [-0.25, -0.2) is 4.39 Å². The smallest absolute Gasteiger partial charge is 0.312 e. The molecule has 2 aliphatic carbocycles. The van der Waals surface area contributed by atoms with E-state index in [9.17, 15) is 14.0 Å². The number of fused-ring (bicyclic) bond motifs is 2. The number of benzene rings is 1. The third-order valence-corrected chi connectivity index (χ3v) is 8.48. The minimum atomic E-state index is -0.512. The molecule has 1 aromatic heterocycles. The van der Waals surface area contributed by atoms with E-state index < -0.39 is 5.41 Å². The van der Waals surface area contributed by atoms with Crippen LogP contribution in [0.4, 0.5) is 4.39 Å². The highest BCUT2D eigenvalue weighted by Gasteiger charge is 2.61. The lowest BCUT2D eigenvalue weighted by Gasteiger charge is -2.51. The highest BCUT2D eigenvalue weighted by Crippen LogP contribution is 2.59. The van der Waals surface area contributed by atoms with Crippen molar-refractivity contribution >= 4 is 18.0 Å². The fraction of sp³-hybridized carbons (Fsp3) is 0.483. The van der Waals surface area contributed by atoms with E-state index in [-0.39, 0.29) is 41.7 Å². The average molecular weight is 477 g/mol. The number of aromatic nitrogens is 1. The van der Waals surface area contributed by atoms with Crippen LogP contribution in [0.2, 0.25) is 0 Å². The van der Waals surface area contributed by atoms with Crippen LogP contribution in [0, 0.1) is 34.9 Å². The average Bonchev–Trinajstić information content (AvgIpc) is 3.04. The molecule has 3 fully saturated rings. The van der Waals surface area contributed by atoms with Gasteiger partial charge in [0.2, 0.25) is 5.91 Å². The summed E-state index contributed by atoms with van der Waals surface area (Å²) in [7, 11) is 0. The topological polar surface area (TPSA) is 68.3 Å². The number of esters is 1. The van der Waals surface area contributed by atoms with Crippen LogP contribution in [0.25, 0.3) is 17.2 Å². The highest BCUT2D eigenvalue weighted by molar-refractivity contribution is 5.80. The number of rotatable bonds is 4. The van der Waals surface area contributed by atoms with Gasteiger partial charge in [0.15, 0.2) is 0 Å². The van der Waals surface area contributed by atoms with Crippen molar-refractivity contribution in [2.24, 2.45) is 29.1 Å². The van der Waals surface area contributed by atoms with Gasteiger partial charge in [-0.1, -0.05) is 24.3 Å². The zero-order valence-corrected chi connectivity index (χ0v) is 20.5. The van der Waals surface area contributed by atoms with Gasteiger partial charge in [-0.3, -0.25) is 14.6 Å². The van der Waals surface area contributed by atoms with Gasteiger partial charge in [-0.05, 0) is 87.1 Å². The second-order valence-electron chi connectivity index (χ2n) is 10.8. The number of amides is 1. The Balaban J connectivity index is 1.40. The molecule has 5 nitrogen and oxygen atoms in total. The van der Waals surface area contributed by atoms with E-state index in [4.69, 9.17) is 4.74 Å². The van der Waals surface area contributed by atoms with Gasteiger partial charge in [0, 0.05) is 30.6 Å². The largest absolute Gasteiger partial charge is 0.462 e. The molecule has 7 atom stereocenters. The van der Waals surface area contributed by atoms with Crippen molar-refractivity contribution in [3.8, 4) is 11.1 Å². The molecule has 35 heavy (non-hydrogen) atoms. The monoisotopic (exact) mass is 476 g/mol. The fourth-order valence-electron chi connectivity index (χ4n) is 7.06. The van der Waals surface area contributed by atoms with Crippen molar-refractivity contribution in [2.75, 3.05) is 0 Å². The van der Waals surface area contributed by atoms with Crippen LogP contribution in [0.3, 0.4) is 0 Å². The van der Waals surface area contributed by atoms with Gasteiger partial charge in [0.25, 0.3) is 0 Å². The Morgan fingerprint density at radius 1 is 1.23 bits per heavy atom. The molecule has 2 saturated carbocycles. The number of nitrogens with zero attached hydrogens (tertiary/aromatic N) is 1. The van der Waals surface area contributed by atoms with E-state index in [0.29, 0.717) is 11.8 Å². The summed E-state index contributed by atoms with van der Waals surface area (Å²) in [6.45, 7) is 5.65. The normalized spacial score (nSPS) is 34.2. The van der Waals surface area contributed by atoms with Gasteiger partial charge in [-0.2, -0.15) is 0 Å². The molecule has 1 N–H and O–H groups in total. The van der Waals surface area contributed by atoms with E-state index in [1.807, 2.05) is 25.1 Å². The number of carbonyl (C=O) groups excluding carboxylic acids is 2. The Labute approximate surface area is 206 Å². The molecule has 0 spiro atoms. The number of carbonyl (C=O) groups is 2. The van der Waals surface area contributed by atoms with E-state index in [1.54, 1.807) is 19.2 Å². The summed E-state index contributed by atoms with van der Waals surface area (Å²) in [5, 5.41) is 3.10. The Morgan fingerprint density at radius 3 is 2.77 bits per heavy atom. The van der Waals surface area contributed by atoms with Crippen molar-refractivity contribution in [3.63, 3.8) is 0 Å². The molecule has 0 radical (unpaired) electrons. The number of hydrogen-bond acceptors (Lipinski definition) is 4. The van der Waals surface area contributed by atoms with Crippen LogP contribution < -0.4 is 5.32 Å². The molecule has 1 unspecified atom stereocenters. The van der Waals surface area contributed by atoms with Crippen molar-refractivity contribution in [1.82, 2.24) is 10.3 Å². The SMILES string of the molecule is CC(=O)N[C@@H]1CC[C@@H]2[C@@H](C1)CC1(C)C(=O)O[C@H](C)[C@H]1[C@H]2C=Cc1ccc(-c2cccc(F)c2)cn1. The third kappa shape index (κ3) is 4.51. The summed E-state index contributed by atoms with van der Waals surface area (Å²) >= 11 is 0. The molecule has 184 valence electrons. The molecule has 1 aliphatic heterocycles. The van der Waals surface area contributed by atoms with E-state index in [0.717, 1.165) is 42.5 Å². The zero-order valence-electron chi connectivity index (χ0n) is 20.5. The zero-order chi connectivity index (χ0) is 24.7. The van der Waals surface area contributed by atoms with Crippen LogP contribution in [-0.4, -0.2) is 29.0 Å². The minimum Gasteiger partial charge on any atom is -0.462 e. The number of halogens is 1. The quantitative estimate of drug-likeness (QED) is 0.599. The number of hydrogen-bond donors (Lipinski definition) is 1. The van der Waals surface area contributed by atoms with Gasteiger partial charge in [0.05, 0.1) is 11.1 Å². The van der Waals surface area contributed by atoms with Crippen molar-refractivity contribution < 1.29 is 18.7 Å². The predicted molar refractivity (Wildman–Crippen MR) is 132 cm³/mol. The summed E-state index contributed by atoms with van der Waals surface area (Å²) < 4.78 is 19.4.